The first kappa shape index (κ1) is 18.6. The highest BCUT2D eigenvalue weighted by Gasteiger charge is 2.23. The minimum Gasteiger partial charge on any atom is -0.342 e. The third-order valence-electron chi connectivity index (χ3n) is 6.00. The molecule has 1 aliphatic rings. The Labute approximate surface area is 175 Å². The number of nitrogens with zero attached hydrogens (tertiary/aromatic N) is 4. The average molecular weight is 399 g/mol. The van der Waals surface area contributed by atoms with Crippen LogP contribution in [0.3, 0.4) is 0 Å². The number of nitrogens with one attached hydrogen (secondary N) is 1. The van der Waals surface area contributed by atoms with Gasteiger partial charge in [-0.2, -0.15) is 5.10 Å². The van der Waals surface area contributed by atoms with E-state index in [2.05, 4.69) is 51.5 Å². The Hall–Kier alpha value is -3.41. The number of imidazole rings is 1. The van der Waals surface area contributed by atoms with Gasteiger partial charge in [-0.15, -0.1) is 0 Å². The summed E-state index contributed by atoms with van der Waals surface area (Å²) in [5.41, 5.74) is 8.36. The molecule has 2 aromatic carbocycles. The van der Waals surface area contributed by atoms with E-state index in [-0.39, 0.29) is 5.91 Å². The third-order valence-corrected chi connectivity index (χ3v) is 6.00. The molecule has 0 aliphatic carbocycles. The predicted molar refractivity (Wildman–Crippen MR) is 117 cm³/mol. The molecule has 0 unspecified atom stereocenters. The second-order valence-electron chi connectivity index (χ2n) is 8.16. The van der Waals surface area contributed by atoms with Crippen LogP contribution in [-0.4, -0.2) is 37.1 Å². The molecule has 1 amide bonds. The van der Waals surface area contributed by atoms with Gasteiger partial charge < -0.3 is 9.88 Å². The van der Waals surface area contributed by atoms with Crippen molar-refractivity contribution < 1.29 is 4.79 Å². The third kappa shape index (κ3) is 3.28. The fraction of sp³-hybridized carbons (Fsp3) is 0.292. The van der Waals surface area contributed by atoms with Crippen LogP contribution < -0.4 is 0 Å². The summed E-state index contributed by atoms with van der Waals surface area (Å²) in [5, 5.41) is 4.38. The Kier molecular flexibility index (Phi) is 4.42. The summed E-state index contributed by atoms with van der Waals surface area (Å²) in [6, 6.07) is 14.8. The number of aromatic nitrogens is 4. The van der Waals surface area contributed by atoms with Crippen LogP contribution in [0.2, 0.25) is 0 Å². The number of carbonyl (C=O) groups is 1. The minimum atomic E-state index is 0.00497. The SMILES string of the molecule is Cc1nc2cc(-c3ccc4c(c3)CN(C(=O)c3cc(C)n(C)n3)CCC4)ccc2[nH]1. The summed E-state index contributed by atoms with van der Waals surface area (Å²) in [5.74, 6) is 0.924. The standard InChI is InChI=1S/C24H25N5O/c1-15-11-23(27-28(15)3)24(30)29-10-4-5-17-6-7-18(12-20(17)14-29)19-8-9-21-22(13-19)26-16(2)25-21/h6-9,11-13H,4-5,10,14H2,1-3H3,(H,25,26). The monoisotopic (exact) mass is 399 g/mol. The quantitative estimate of drug-likeness (QED) is 0.550. The maximum Gasteiger partial charge on any atom is 0.274 e. The van der Waals surface area contributed by atoms with Crippen molar-refractivity contribution in [2.75, 3.05) is 6.54 Å². The molecular formula is C24H25N5O. The van der Waals surface area contributed by atoms with E-state index in [4.69, 9.17) is 0 Å². The number of benzene rings is 2. The largest absolute Gasteiger partial charge is 0.342 e. The lowest BCUT2D eigenvalue weighted by Gasteiger charge is -2.20. The fourth-order valence-electron chi connectivity index (χ4n) is 4.26. The molecule has 0 saturated carbocycles. The van der Waals surface area contributed by atoms with Crippen LogP contribution in [0.15, 0.2) is 42.5 Å². The lowest BCUT2D eigenvalue weighted by atomic mass is 9.97. The molecule has 1 aliphatic heterocycles. The predicted octanol–water partition coefficient (Wildman–Crippen LogP) is 4.17. The highest BCUT2D eigenvalue weighted by Crippen LogP contribution is 2.28. The molecule has 0 saturated heterocycles. The summed E-state index contributed by atoms with van der Waals surface area (Å²) in [6.07, 6.45) is 1.95. The molecule has 0 spiro atoms. The van der Waals surface area contributed by atoms with Gasteiger partial charge in [0.15, 0.2) is 5.69 Å². The van der Waals surface area contributed by atoms with Crippen molar-refractivity contribution in [1.29, 1.82) is 0 Å². The van der Waals surface area contributed by atoms with E-state index in [1.54, 1.807) is 4.68 Å². The molecule has 0 bridgehead atoms. The van der Waals surface area contributed by atoms with Gasteiger partial charge in [0.05, 0.1) is 11.0 Å². The Morgan fingerprint density at radius 3 is 2.63 bits per heavy atom. The van der Waals surface area contributed by atoms with E-state index in [1.165, 1.54) is 11.1 Å². The zero-order chi connectivity index (χ0) is 20.8. The zero-order valence-electron chi connectivity index (χ0n) is 17.6. The van der Waals surface area contributed by atoms with Crippen LogP contribution in [-0.2, 0) is 20.0 Å². The number of rotatable bonds is 2. The minimum absolute atomic E-state index is 0.00497. The first-order valence-electron chi connectivity index (χ1n) is 10.4. The second kappa shape index (κ2) is 7.13. The van der Waals surface area contributed by atoms with E-state index < -0.39 is 0 Å². The maximum atomic E-state index is 13.1. The van der Waals surface area contributed by atoms with Gasteiger partial charge in [-0.3, -0.25) is 9.48 Å². The summed E-state index contributed by atoms with van der Waals surface area (Å²) in [7, 11) is 1.87. The lowest BCUT2D eigenvalue weighted by Crippen LogP contribution is -2.31. The Balaban J connectivity index is 1.47. The van der Waals surface area contributed by atoms with Gasteiger partial charge in [0.2, 0.25) is 0 Å². The van der Waals surface area contributed by atoms with E-state index in [0.29, 0.717) is 12.2 Å². The van der Waals surface area contributed by atoms with Crippen molar-refractivity contribution in [3.63, 3.8) is 0 Å². The van der Waals surface area contributed by atoms with Crippen molar-refractivity contribution in [2.45, 2.75) is 33.2 Å². The second-order valence-corrected chi connectivity index (χ2v) is 8.16. The molecular weight excluding hydrogens is 374 g/mol. The number of H-pyrrole nitrogens is 1. The molecule has 6 heteroatoms. The van der Waals surface area contributed by atoms with Crippen LogP contribution in [0.1, 0.15) is 39.6 Å². The summed E-state index contributed by atoms with van der Waals surface area (Å²) >= 11 is 0. The number of aromatic amines is 1. The number of aryl methyl sites for hydroxylation is 4. The number of hydrogen-bond donors (Lipinski definition) is 1. The molecule has 0 atom stereocenters. The van der Waals surface area contributed by atoms with Crippen molar-refractivity contribution in [2.24, 2.45) is 7.05 Å². The summed E-state index contributed by atoms with van der Waals surface area (Å²) in [4.78, 5) is 22.8. The molecule has 4 aromatic rings. The Morgan fingerprint density at radius 1 is 1.03 bits per heavy atom. The van der Waals surface area contributed by atoms with Gasteiger partial charge in [0, 0.05) is 25.8 Å². The molecule has 0 radical (unpaired) electrons. The van der Waals surface area contributed by atoms with Crippen molar-refractivity contribution >= 4 is 16.9 Å². The zero-order valence-corrected chi connectivity index (χ0v) is 17.6. The molecule has 30 heavy (non-hydrogen) atoms. The van der Waals surface area contributed by atoms with Crippen LogP contribution in [0, 0.1) is 13.8 Å². The average Bonchev–Trinajstić information content (AvgIpc) is 3.18. The number of hydrogen-bond acceptors (Lipinski definition) is 3. The maximum absolute atomic E-state index is 13.1. The van der Waals surface area contributed by atoms with E-state index >= 15 is 0 Å². The van der Waals surface area contributed by atoms with Gasteiger partial charge in [-0.25, -0.2) is 4.98 Å². The summed E-state index contributed by atoms with van der Waals surface area (Å²) in [6.45, 7) is 5.29. The van der Waals surface area contributed by atoms with Gasteiger partial charge in [0.25, 0.3) is 5.91 Å². The van der Waals surface area contributed by atoms with Crippen LogP contribution in [0.4, 0.5) is 0 Å². The smallest absolute Gasteiger partial charge is 0.274 e. The van der Waals surface area contributed by atoms with Crippen LogP contribution in [0.25, 0.3) is 22.2 Å². The molecule has 152 valence electrons. The molecule has 2 aromatic heterocycles. The Morgan fingerprint density at radius 2 is 1.83 bits per heavy atom. The van der Waals surface area contributed by atoms with Crippen molar-refractivity contribution in [3.8, 4) is 11.1 Å². The molecule has 1 N–H and O–H groups in total. The van der Waals surface area contributed by atoms with E-state index in [9.17, 15) is 4.79 Å². The molecule has 0 fully saturated rings. The van der Waals surface area contributed by atoms with Gasteiger partial charge in [-0.05, 0) is 73.2 Å². The molecule has 3 heterocycles. The fourth-order valence-corrected chi connectivity index (χ4v) is 4.26. The lowest BCUT2D eigenvalue weighted by molar-refractivity contribution is 0.0739. The van der Waals surface area contributed by atoms with Crippen molar-refractivity contribution in [1.82, 2.24) is 24.6 Å². The van der Waals surface area contributed by atoms with E-state index in [0.717, 1.165) is 53.1 Å². The van der Waals surface area contributed by atoms with Crippen molar-refractivity contribution in [3.05, 3.63) is 70.8 Å². The first-order valence-corrected chi connectivity index (χ1v) is 10.4. The van der Waals surface area contributed by atoms with Gasteiger partial charge in [0.1, 0.15) is 5.82 Å². The van der Waals surface area contributed by atoms with Gasteiger partial charge >= 0.3 is 0 Å². The highest BCUT2D eigenvalue weighted by molar-refractivity contribution is 5.92. The number of fused-ring (bicyclic) bond motifs is 2. The van der Waals surface area contributed by atoms with E-state index in [1.807, 2.05) is 31.9 Å². The van der Waals surface area contributed by atoms with Crippen LogP contribution >= 0.6 is 0 Å². The number of carbonyl (C=O) groups excluding carboxylic acids is 1. The Bertz CT molecular complexity index is 1250. The number of amides is 1. The molecule has 6 nitrogen and oxygen atoms in total. The van der Waals surface area contributed by atoms with Crippen LogP contribution in [0.5, 0.6) is 0 Å². The molecule has 5 rings (SSSR count). The summed E-state index contributed by atoms with van der Waals surface area (Å²) < 4.78 is 1.75. The van der Waals surface area contributed by atoms with Gasteiger partial charge in [-0.1, -0.05) is 18.2 Å². The normalized spacial score (nSPS) is 14.0. The topological polar surface area (TPSA) is 66.8 Å². The highest BCUT2D eigenvalue weighted by atomic mass is 16.2. The first-order chi connectivity index (χ1) is 14.5.